The molecule has 2 aliphatic rings. The van der Waals surface area contributed by atoms with Crippen molar-refractivity contribution in [1.29, 1.82) is 0 Å². The molecular formula is C20H28N2O3. The van der Waals surface area contributed by atoms with Crippen LogP contribution >= 0.6 is 0 Å². The molecule has 0 radical (unpaired) electrons. The number of amides is 2. The van der Waals surface area contributed by atoms with Gasteiger partial charge in [-0.2, -0.15) is 0 Å². The average molecular weight is 344 g/mol. The van der Waals surface area contributed by atoms with Crippen molar-refractivity contribution in [2.24, 2.45) is 5.92 Å². The Morgan fingerprint density at radius 2 is 1.76 bits per heavy atom. The van der Waals surface area contributed by atoms with Gasteiger partial charge < -0.3 is 14.5 Å². The molecular weight excluding hydrogens is 316 g/mol. The van der Waals surface area contributed by atoms with Crippen molar-refractivity contribution in [3.05, 3.63) is 35.9 Å². The van der Waals surface area contributed by atoms with E-state index in [0.29, 0.717) is 26.1 Å². The van der Waals surface area contributed by atoms with Gasteiger partial charge in [0.25, 0.3) is 0 Å². The molecule has 0 aliphatic carbocycles. The molecule has 136 valence electrons. The van der Waals surface area contributed by atoms with Gasteiger partial charge in [0.1, 0.15) is 0 Å². The second kappa shape index (κ2) is 8.99. The quantitative estimate of drug-likeness (QED) is 0.840. The number of rotatable bonds is 4. The predicted octanol–water partition coefficient (Wildman–Crippen LogP) is 2.11. The Labute approximate surface area is 149 Å². The van der Waals surface area contributed by atoms with E-state index < -0.39 is 0 Å². The number of aryl methyl sites for hydroxylation is 1. The first-order chi connectivity index (χ1) is 12.2. The van der Waals surface area contributed by atoms with Crippen LogP contribution in [0.25, 0.3) is 0 Å². The molecule has 5 heteroatoms. The lowest BCUT2D eigenvalue weighted by atomic mass is 10.0. The smallest absolute Gasteiger partial charge is 0.228 e. The van der Waals surface area contributed by atoms with Crippen LogP contribution in [0.1, 0.15) is 31.2 Å². The first-order valence-electron chi connectivity index (χ1n) is 9.42. The predicted molar refractivity (Wildman–Crippen MR) is 96.1 cm³/mol. The summed E-state index contributed by atoms with van der Waals surface area (Å²) in [4.78, 5) is 29.0. The SMILES string of the molecule is O=C(CCc1ccccc1)N1CCCN(C(=O)[C@H]2CCCOC2)CC1. The first kappa shape index (κ1) is 17.9. The molecule has 0 bridgehead atoms. The van der Waals surface area contributed by atoms with E-state index in [1.54, 1.807) is 0 Å². The van der Waals surface area contributed by atoms with Crippen molar-refractivity contribution in [3.63, 3.8) is 0 Å². The van der Waals surface area contributed by atoms with Crippen molar-refractivity contribution in [2.45, 2.75) is 32.1 Å². The number of hydrogen-bond acceptors (Lipinski definition) is 3. The van der Waals surface area contributed by atoms with Crippen molar-refractivity contribution in [2.75, 3.05) is 39.4 Å². The van der Waals surface area contributed by atoms with Gasteiger partial charge in [-0.05, 0) is 31.2 Å². The van der Waals surface area contributed by atoms with Crippen LogP contribution in [0.5, 0.6) is 0 Å². The van der Waals surface area contributed by atoms with Gasteiger partial charge in [-0.3, -0.25) is 9.59 Å². The summed E-state index contributed by atoms with van der Waals surface area (Å²) in [7, 11) is 0. The van der Waals surface area contributed by atoms with E-state index >= 15 is 0 Å². The summed E-state index contributed by atoms with van der Waals surface area (Å²) in [6, 6.07) is 10.1. The zero-order valence-electron chi connectivity index (χ0n) is 14.9. The molecule has 2 aliphatic heterocycles. The van der Waals surface area contributed by atoms with E-state index in [1.165, 1.54) is 5.56 Å². The third-order valence-corrected chi connectivity index (χ3v) is 5.14. The Balaban J connectivity index is 1.47. The van der Waals surface area contributed by atoms with E-state index in [1.807, 2.05) is 28.0 Å². The van der Waals surface area contributed by atoms with Gasteiger partial charge in [-0.1, -0.05) is 30.3 Å². The Morgan fingerprint density at radius 3 is 2.52 bits per heavy atom. The zero-order chi connectivity index (χ0) is 17.5. The number of carbonyl (C=O) groups is 2. The monoisotopic (exact) mass is 344 g/mol. The lowest BCUT2D eigenvalue weighted by Crippen LogP contribution is -2.42. The molecule has 1 aromatic carbocycles. The highest BCUT2D eigenvalue weighted by molar-refractivity contribution is 5.79. The van der Waals surface area contributed by atoms with Gasteiger partial charge in [0, 0.05) is 39.2 Å². The molecule has 5 nitrogen and oxygen atoms in total. The summed E-state index contributed by atoms with van der Waals surface area (Å²) < 4.78 is 5.45. The van der Waals surface area contributed by atoms with Crippen molar-refractivity contribution in [3.8, 4) is 0 Å². The summed E-state index contributed by atoms with van der Waals surface area (Å²) in [6.07, 6.45) is 4.06. The highest BCUT2D eigenvalue weighted by atomic mass is 16.5. The van der Waals surface area contributed by atoms with E-state index in [9.17, 15) is 9.59 Å². The van der Waals surface area contributed by atoms with E-state index in [0.717, 1.165) is 45.4 Å². The standard InChI is InChI=1S/C20H28N2O3/c23-19(10-9-17-6-2-1-3-7-17)21-11-5-12-22(14-13-21)20(24)18-8-4-15-25-16-18/h1-3,6-7,18H,4-5,8-16H2/t18-/m0/s1. The maximum absolute atomic E-state index is 12.6. The molecule has 2 heterocycles. The summed E-state index contributed by atoms with van der Waals surface area (Å²) in [6.45, 7) is 4.11. The Morgan fingerprint density at radius 1 is 1.00 bits per heavy atom. The lowest BCUT2D eigenvalue weighted by molar-refractivity contribution is -0.140. The number of nitrogens with zero attached hydrogens (tertiary/aromatic N) is 2. The van der Waals surface area contributed by atoms with Crippen LogP contribution in [0.4, 0.5) is 0 Å². The molecule has 3 rings (SSSR count). The third-order valence-electron chi connectivity index (χ3n) is 5.14. The van der Waals surface area contributed by atoms with Gasteiger partial charge in [0.2, 0.25) is 11.8 Å². The van der Waals surface area contributed by atoms with Crippen LogP contribution in [-0.2, 0) is 20.7 Å². The fraction of sp³-hybridized carbons (Fsp3) is 0.600. The summed E-state index contributed by atoms with van der Waals surface area (Å²) >= 11 is 0. The molecule has 25 heavy (non-hydrogen) atoms. The summed E-state index contributed by atoms with van der Waals surface area (Å²) in [5, 5.41) is 0. The van der Waals surface area contributed by atoms with Gasteiger partial charge in [0.05, 0.1) is 12.5 Å². The minimum atomic E-state index is 0.00841. The van der Waals surface area contributed by atoms with Crippen molar-refractivity contribution < 1.29 is 14.3 Å². The minimum absolute atomic E-state index is 0.00841. The normalized spacial score (nSPS) is 21.7. The number of carbonyl (C=O) groups excluding carboxylic acids is 2. The maximum atomic E-state index is 12.6. The molecule has 1 aromatic rings. The minimum Gasteiger partial charge on any atom is -0.381 e. The summed E-state index contributed by atoms with van der Waals surface area (Å²) in [5.74, 6) is 0.409. The number of ether oxygens (including phenoxy) is 1. The van der Waals surface area contributed by atoms with E-state index in [4.69, 9.17) is 4.74 Å². The molecule has 0 spiro atoms. The van der Waals surface area contributed by atoms with Gasteiger partial charge in [-0.25, -0.2) is 0 Å². The second-order valence-electron chi connectivity index (χ2n) is 6.96. The van der Waals surface area contributed by atoms with Gasteiger partial charge in [0.15, 0.2) is 0 Å². The number of hydrogen-bond donors (Lipinski definition) is 0. The van der Waals surface area contributed by atoms with Crippen LogP contribution < -0.4 is 0 Å². The third kappa shape index (κ3) is 5.05. The highest BCUT2D eigenvalue weighted by Crippen LogP contribution is 2.18. The fourth-order valence-electron chi connectivity index (χ4n) is 3.63. The lowest BCUT2D eigenvalue weighted by Gasteiger charge is -2.28. The molecule has 0 saturated carbocycles. The molecule has 2 fully saturated rings. The van der Waals surface area contributed by atoms with Crippen molar-refractivity contribution in [1.82, 2.24) is 9.80 Å². The van der Waals surface area contributed by atoms with E-state index in [-0.39, 0.29) is 17.7 Å². The molecule has 2 saturated heterocycles. The number of benzene rings is 1. The van der Waals surface area contributed by atoms with Gasteiger partial charge >= 0.3 is 0 Å². The largest absolute Gasteiger partial charge is 0.381 e. The molecule has 1 atom stereocenters. The summed E-state index contributed by atoms with van der Waals surface area (Å²) in [5.41, 5.74) is 1.19. The zero-order valence-corrected chi connectivity index (χ0v) is 14.9. The highest BCUT2D eigenvalue weighted by Gasteiger charge is 2.28. The first-order valence-corrected chi connectivity index (χ1v) is 9.42. The average Bonchev–Trinajstić information content (AvgIpc) is 2.93. The van der Waals surface area contributed by atoms with Crippen LogP contribution in [0.3, 0.4) is 0 Å². The second-order valence-corrected chi connectivity index (χ2v) is 6.96. The van der Waals surface area contributed by atoms with Crippen LogP contribution in [0.15, 0.2) is 30.3 Å². The fourth-order valence-corrected chi connectivity index (χ4v) is 3.63. The van der Waals surface area contributed by atoms with E-state index in [2.05, 4.69) is 12.1 Å². The molecule has 0 N–H and O–H groups in total. The Hall–Kier alpha value is -1.88. The Kier molecular flexibility index (Phi) is 6.45. The topological polar surface area (TPSA) is 49.9 Å². The van der Waals surface area contributed by atoms with Gasteiger partial charge in [-0.15, -0.1) is 0 Å². The van der Waals surface area contributed by atoms with Crippen LogP contribution in [0, 0.1) is 5.92 Å². The molecule has 2 amide bonds. The molecule has 0 aromatic heterocycles. The molecule has 0 unspecified atom stereocenters. The maximum Gasteiger partial charge on any atom is 0.228 e. The van der Waals surface area contributed by atoms with Crippen molar-refractivity contribution >= 4 is 11.8 Å². The van der Waals surface area contributed by atoms with Crippen LogP contribution in [-0.4, -0.2) is 61.0 Å². The van der Waals surface area contributed by atoms with Crippen LogP contribution in [0.2, 0.25) is 0 Å². The Bertz CT molecular complexity index is 570.